The average molecular weight is 312 g/mol. The first-order chi connectivity index (χ1) is 9.95. The van der Waals surface area contributed by atoms with Gasteiger partial charge in [0.1, 0.15) is 0 Å². The van der Waals surface area contributed by atoms with Gasteiger partial charge >= 0.3 is 0 Å². The Bertz CT molecular complexity index is 549. The van der Waals surface area contributed by atoms with Gasteiger partial charge in [0.05, 0.1) is 4.90 Å². The van der Waals surface area contributed by atoms with Crippen molar-refractivity contribution in [1.29, 1.82) is 0 Å². The van der Waals surface area contributed by atoms with Gasteiger partial charge in [-0.05, 0) is 57.5 Å². The molecule has 1 aromatic rings. The number of rotatable bonds is 6. The van der Waals surface area contributed by atoms with E-state index in [-0.39, 0.29) is 0 Å². The Labute approximate surface area is 127 Å². The van der Waals surface area contributed by atoms with Gasteiger partial charge in [-0.2, -0.15) is 0 Å². The maximum absolute atomic E-state index is 12.5. The van der Waals surface area contributed by atoms with Crippen LogP contribution in [0, 0.1) is 0 Å². The molecular formula is C15H24N2O3S. The van der Waals surface area contributed by atoms with Gasteiger partial charge in [0.25, 0.3) is 0 Å². The number of hydrogen-bond acceptors (Lipinski definition) is 4. The standard InChI is InChI=1S/C15H24N2O3S/c1-15(8-11-20-12-9-15)17-21(18,19)14-5-3-13(4-6-14)7-10-16-2/h3-6,16-17H,7-12H2,1-2H3. The maximum atomic E-state index is 12.5. The van der Waals surface area contributed by atoms with E-state index in [1.165, 1.54) is 0 Å². The second-order valence-electron chi connectivity index (χ2n) is 5.78. The van der Waals surface area contributed by atoms with E-state index >= 15 is 0 Å². The molecule has 1 fully saturated rings. The SMILES string of the molecule is CNCCc1ccc(S(=O)(=O)NC2(C)CCOCC2)cc1. The van der Waals surface area contributed by atoms with Crippen molar-refractivity contribution in [1.82, 2.24) is 10.0 Å². The van der Waals surface area contributed by atoms with Crippen molar-refractivity contribution >= 4 is 10.0 Å². The zero-order chi connectivity index (χ0) is 15.3. The van der Waals surface area contributed by atoms with Crippen molar-refractivity contribution in [3.8, 4) is 0 Å². The molecule has 21 heavy (non-hydrogen) atoms. The highest BCUT2D eigenvalue weighted by atomic mass is 32.2. The van der Waals surface area contributed by atoms with Gasteiger partial charge in [0, 0.05) is 18.8 Å². The summed E-state index contributed by atoms with van der Waals surface area (Å²) in [4.78, 5) is 0.323. The lowest BCUT2D eigenvalue weighted by Gasteiger charge is -2.34. The Morgan fingerprint density at radius 2 is 1.81 bits per heavy atom. The van der Waals surface area contributed by atoms with Crippen molar-refractivity contribution in [2.24, 2.45) is 0 Å². The first-order valence-corrected chi connectivity index (χ1v) is 8.79. The van der Waals surface area contributed by atoms with Gasteiger partial charge in [0.15, 0.2) is 0 Å². The van der Waals surface area contributed by atoms with Crippen LogP contribution in [0.1, 0.15) is 25.3 Å². The lowest BCUT2D eigenvalue weighted by molar-refractivity contribution is 0.0537. The minimum absolute atomic E-state index is 0.323. The predicted molar refractivity (Wildman–Crippen MR) is 82.9 cm³/mol. The summed E-state index contributed by atoms with van der Waals surface area (Å²) >= 11 is 0. The molecule has 2 N–H and O–H groups in total. The van der Waals surface area contributed by atoms with Crippen molar-refractivity contribution < 1.29 is 13.2 Å². The van der Waals surface area contributed by atoms with Gasteiger partial charge in [-0.25, -0.2) is 13.1 Å². The molecule has 5 nitrogen and oxygen atoms in total. The van der Waals surface area contributed by atoms with Crippen molar-refractivity contribution in [3.05, 3.63) is 29.8 Å². The fourth-order valence-corrected chi connectivity index (χ4v) is 3.88. The summed E-state index contributed by atoms with van der Waals surface area (Å²) in [7, 11) is -1.58. The predicted octanol–water partition coefficient (Wildman–Crippen LogP) is 1.30. The van der Waals surface area contributed by atoms with Crippen LogP contribution in [0.4, 0.5) is 0 Å². The van der Waals surface area contributed by atoms with Gasteiger partial charge in [-0.15, -0.1) is 0 Å². The number of nitrogens with one attached hydrogen (secondary N) is 2. The molecule has 6 heteroatoms. The zero-order valence-electron chi connectivity index (χ0n) is 12.7. The lowest BCUT2D eigenvalue weighted by atomic mass is 9.94. The summed E-state index contributed by atoms with van der Waals surface area (Å²) in [5.74, 6) is 0. The van der Waals surface area contributed by atoms with Crippen LogP contribution in [0.15, 0.2) is 29.2 Å². The molecule has 0 aromatic heterocycles. The van der Waals surface area contributed by atoms with Crippen LogP contribution in [0.5, 0.6) is 0 Å². The molecule has 0 amide bonds. The maximum Gasteiger partial charge on any atom is 0.241 e. The van der Waals surface area contributed by atoms with Gasteiger partial charge in [-0.3, -0.25) is 0 Å². The Kier molecular flexibility index (Phi) is 5.37. The van der Waals surface area contributed by atoms with E-state index in [1.54, 1.807) is 12.1 Å². The molecule has 118 valence electrons. The molecule has 1 heterocycles. The fourth-order valence-electron chi connectivity index (χ4n) is 2.41. The Morgan fingerprint density at radius 3 is 2.38 bits per heavy atom. The molecule has 0 unspecified atom stereocenters. The highest BCUT2D eigenvalue weighted by molar-refractivity contribution is 7.89. The third-order valence-electron chi connectivity index (χ3n) is 3.87. The molecule has 2 rings (SSSR count). The van der Waals surface area contributed by atoms with E-state index in [2.05, 4.69) is 10.0 Å². The Balaban J connectivity index is 2.08. The van der Waals surface area contributed by atoms with Crippen LogP contribution in [0.3, 0.4) is 0 Å². The van der Waals surface area contributed by atoms with Gasteiger partial charge in [-0.1, -0.05) is 12.1 Å². The van der Waals surface area contributed by atoms with Crippen LogP contribution in [0.2, 0.25) is 0 Å². The quantitative estimate of drug-likeness (QED) is 0.831. The van der Waals surface area contributed by atoms with E-state index in [1.807, 2.05) is 26.1 Å². The van der Waals surface area contributed by atoms with Crippen LogP contribution in [-0.2, 0) is 21.2 Å². The monoisotopic (exact) mass is 312 g/mol. The molecule has 0 atom stereocenters. The molecule has 0 aliphatic carbocycles. The molecule has 0 spiro atoms. The minimum atomic E-state index is -3.48. The topological polar surface area (TPSA) is 67.4 Å². The number of ether oxygens (including phenoxy) is 1. The third-order valence-corrected chi connectivity index (χ3v) is 5.53. The lowest BCUT2D eigenvalue weighted by Crippen LogP contribution is -2.49. The van der Waals surface area contributed by atoms with Crippen LogP contribution < -0.4 is 10.0 Å². The van der Waals surface area contributed by atoms with E-state index in [4.69, 9.17) is 4.74 Å². The third kappa shape index (κ3) is 4.51. The summed E-state index contributed by atoms with van der Waals surface area (Å²) < 4.78 is 33.1. The van der Waals surface area contributed by atoms with E-state index in [0.29, 0.717) is 31.0 Å². The number of sulfonamides is 1. The summed E-state index contributed by atoms with van der Waals surface area (Å²) in [6.07, 6.45) is 2.29. The van der Waals surface area contributed by atoms with Crippen LogP contribution in [0.25, 0.3) is 0 Å². The summed E-state index contributed by atoms with van der Waals surface area (Å²) in [6.45, 7) is 4.01. The summed E-state index contributed by atoms with van der Waals surface area (Å²) in [5, 5.41) is 3.08. The molecule has 0 radical (unpaired) electrons. The Hall–Kier alpha value is -0.950. The van der Waals surface area contributed by atoms with Gasteiger partial charge < -0.3 is 10.1 Å². The largest absolute Gasteiger partial charge is 0.381 e. The first kappa shape index (κ1) is 16.4. The number of likely N-dealkylation sites (N-methyl/N-ethyl adjacent to an activating group) is 1. The summed E-state index contributed by atoms with van der Waals surface area (Å²) in [6, 6.07) is 7.10. The van der Waals surface area contributed by atoms with E-state index < -0.39 is 15.6 Å². The second-order valence-corrected chi connectivity index (χ2v) is 7.46. The van der Waals surface area contributed by atoms with Crippen molar-refractivity contribution in [2.45, 2.75) is 36.6 Å². The normalized spacial score (nSPS) is 18.6. The molecule has 1 aromatic carbocycles. The van der Waals surface area contributed by atoms with Crippen molar-refractivity contribution in [2.75, 3.05) is 26.8 Å². The highest BCUT2D eigenvalue weighted by Crippen LogP contribution is 2.23. The zero-order valence-corrected chi connectivity index (χ0v) is 13.5. The van der Waals surface area contributed by atoms with E-state index in [9.17, 15) is 8.42 Å². The smallest absolute Gasteiger partial charge is 0.241 e. The van der Waals surface area contributed by atoms with Crippen molar-refractivity contribution in [3.63, 3.8) is 0 Å². The first-order valence-electron chi connectivity index (χ1n) is 7.30. The average Bonchev–Trinajstić information content (AvgIpc) is 2.45. The highest BCUT2D eigenvalue weighted by Gasteiger charge is 2.32. The van der Waals surface area contributed by atoms with E-state index in [0.717, 1.165) is 18.5 Å². The number of hydrogen-bond donors (Lipinski definition) is 2. The van der Waals surface area contributed by atoms with Gasteiger partial charge in [0.2, 0.25) is 10.0 Å². The summed E-state index contributed by atoms with van der Waals surface area (Å²) in [5.41, 5.74) is 0.711. The fraction of sp³-hybridized carbons (Fsp3) is 0.600. The second kappa shape index (κ2) is 6.87. The molecule has 1 aliphatic rings. The minimum Gasteiger partial charge on any atom is -0.381 e. The molecule has 1 saturated heterocycles. The van der Waals surface area contributed by atoms with Crippen LogP contribution in [-0.4, -0.2) is 40.8 Å². The molecule has 0 bridgehead atoms. The van der Waals surface area contributed by atoms with Crippen LogP contribution >= 0.6 is 0 Å². The molecular weight excluding hydrogens is 288 g/mol. The Morgan fingerprint density at radius 1 is 1.19 bits per heavy atom. The molecule has 1 aliphatic heterocycles. The molecule has 0 saturated carbocycles. The number of benzene rings is 1.